The van der Waals surface area contributed by atoms with Crippen LogP contribution in [0.1, 0.15) is 34.2 Å². The molecule has 1 amide bonds. The van der Waals surface area contributed by atoms with Crippen LogP contribution in [0.2, 0.25) is 0 Å². The highest BCUT2D eigenvalue weighted by Crippen LogP contribution is 2.20. The summed E-state index contributed by atoms with van der Waals surface area (Å²) in [5, 5.41) is 3.35. The van der Waals surface area contributed by atoms with Gasteiger partial charge in [-0.05, 0) is 11.6 Å². The molecule has 120 valence electrons. The van der Waals surface area contributed by atoms with E-state index in [4.69, 9.17) is 0 Å². The molecule has 0 radical (unpaired) electrons. The molecule has 0 spiro atoms. The maximum atomic E-state index is 12.7. The van der Waals surface area contributed by atoms with Crippen molar-refractivity contribution in [3.8, 4) is 0 Å². The zero-order valence-electron chi connectivity index (χ0n) is 12.3. The summed E-state index contributed by atoms with van der Waals surface area (Å²) < 4.78 is 25.4. The third-order valence-corrected chi connectivity index (χ3v) is 3.80. The second-order valence-corrected chi connectivity index (χ2v) is 5.30. The molecule has 1 aliphatic heterocycles. The molecule has 0 saturated carbocycles. The summed E-state index contributed by atoms with van der Waals surface area (Å²) in [6, 6.07) is 10.9. The van der Waals surface area contributed by atoms with Crippen molar-refractivity contribution >= 4 is 5.91 Å². The number of halogens is 2. The molecule has 1 aromatic heterocycles. The summed E-state index contributed by atoms with van der Waals surface area (Å²) in [6.07, 6.45) is -1.71. The molecular formula is C16H16F2N4O. The molecule has 23 heavy (non-hydrogen) atoms. The van der Waals surface area contributed by atoms with Crippen LogP contribution in [0.4, 0.5) is 8.78 Å². The predicted octanol–water partition coefficient (Wildman–Crippen LogP) is 2.20. The molecule has 1 N–H and O–H groups in total. The van der Waals surface area contributed by atoms with Crippen molar-refractivity contribution in [2.75, 3.05) is 19.6 Å². The Morgan fingerprint density at radius 3 is 2.78 bits per heavy atom. The lowest BCUT2D eigenvalue weighted by Gasteiger charge is -2.33. The van der Waals surface area contributed by atoms with Crippen molar-refractivity contribution in [1.29, 1.82) is 0 Å². The lowest BCUT2D eigenvalue weighted by molar-refractivity contribution is 0.0696. The standard InChI is InChI=1S/C16H16F2N4O/c17-15(18)12-8-13(21-10-20-12)16(23)22-7-6-19-14(9-22)11-4-2-1-3-5-11/h1-5,8,10,14-15,19H,6-7,9H2. The molecule has 2 heterocycles. The lowest BCUT2D eigenvalue weighted by atomic mass is 10.0. The van der Waals surface area contributed by atoms with E-state index in [0.717, 1.165) is 18.0 Å². The van der Waals surface area contributed by atoms with Crippen molar-refractivity contribution in [3.63, 3.8) is 0 Å². The Hall–Kier alpha value is -2.41. The molecule has 0 aliphatic carbocycles. The number of piperazine rings is 1. The van der Waals surface area contributed by atoms with E-state index >= 15 is 0 Å². The number of rotatable bonds is 3. The quantitative estimate of drug-likeness (QED) is 0.942. The van der Waals surface area contributed by atoms with E-state index in [2.05, 4.69) is 15.3 Å². The minimum Gasteiger partial charge on any atom is -0.334 e. The summed E-state index contributed by atoms with van der Waals surface area (Å²) in [7, 11) is 0. The monoisotopic (exact) mass is 318 g/mol. The number of hydrogen-bond donors (Lipinski definition) is 1. The van der Waals surface area contributed by atoms with Crippen molar-refractivity contribution in [1.82, 2.24) is 20.2 Å². The highest BCUT2D eigenvalue weighted by molar-refractivity contribution is 5.92. The summed E-state index contributed by atoms with van der Waals surface area (Å²) in [6.45, 7) is 1.62. The first-order valence-corrected chi connectivity index (χ1v) is 7.33. The third-order valence-electron chi connectivity index (χ3n) is 3.80. The van der Waals surface area contributed by atoms with Gasteiger partial charge in [0.25, 0.3) is 12.3 Å². The minimum atomic E-state index is -2.72. The van der Waals surface area contributed by atoms with Gasteiger partial charge in [0.05, 0.1) is 0 Å². The molecule has 0 bridgehead atoms. The number of alkyl halides is 2. The Kier molecular flexibility index (Phi) is 4.57. The van der Waals surface area contributed by atoms with E-state index in [1.165, 1.54) is 0 Å². The van der Waals surface area contributed by atoms with Gasteiger partial charge in [-0.15, -0.1) is 0 Å². The lowest BCUT2D eigenvalue weighted by Crippen LogP contribution is -2.48. The van der Waals surface area contributed by atoms with E-state index in [1.807, 2.05) is 30.3 Å². The SMILES string of the molecule is O=C(c1cc(C(F)F)ncn1)N1CCNC(c2ccccc2)C1. The van der Waals surface area contributed by atoms with Gasteiger partial charge in [0.15, 0.2) is 0 Å². The fourth-order valence-electron chi connectivity index (χ4n) is 2.61. The number of carbonyl (C=O) groups is 1. The van der Waals surface area contributed by atoms with Gasteiger partial charge in [-0.2, -0.15) is 0 Å². The molecule has 1 aromatic carbocycles. The average molecular weight is 318 g/mol. The van der Waals surface area contributed by atoms with Crippen LogP contribution in [0, 0.1) is 0 Å². The fourth-order valence-corrected chi connectivity index (χ4v) is 2.61. The van der Waals surface area contributed by atoms with Gasteiger partial charge in [-0.3, -0.25) is 4.79 Å². The first-order valence-electron chi connectivity index (χ1n) is 7.33. The molecule has 7 heteroatoms. The van der Waals surface area contributed by atoms with Crippen LogP contribution < -0.4 is 5.32 Å². The van der Waals surface area contributed by atoms with Crippen LogP contribution in [0.5, 0.6) is 0 Å². The van der Waals surface area contributed by atoms with E-state index in [9.17, 15) is 13.6 Å². The van der Waals surface area contributed by atoms with Gasteiger partial charge in [0, 0.05) is 25.7 Å². The van der Waals surface area contributed by atoms with E-state index in [0.29, 0.717) is 19.6 Å². The highest BCUT2D eigenvalue weighted by Gasteiger charge is 2.26. The van der Waals surface area contributed by atoms with E-state index in [-0.39, 0.29) is 17.6 Å². The minimum absolute atomic E-state index is 0.00371. The second-order valence-electron chi connectivity index (χ2n) is 5.30. The Labute approximate surface area is 132 Å². The van der Waals surface area contributed by atoms with Crippen LogP contribution >= 0.6 is 0 Å². The Bertz CT molecular complexity index is 681. The van der Waals surface area contributed by atoms with Gasteiger partial charge in [0.1, 0.15) is 17.7 Å². The molecule has 3 rings (SSSR count). The van der Waals surface area contributed by atoms with Crippen LogP contribution in [-0.4, -0.2) is 40.4 Å². The summed E-state index contributed by atoms with van der Waals surface area (Å²) >= 11 is 0. The Morgan fingerprint density at radius 1 is 1.26 bits per heavy atom. The molecule has 1 aliphatic rings. The second kappa shape index (κ2) is 6.78. The smallest absolute Gasteiger partial charge is 0.280 e. The topological polar surface area (TPSA) is 58.1 Å². The predicted molar refractivity (Wildman–Crippen MR) is 80.1 cm³/mol. The van der Waals surface area contributed by atoms with Crippen LogP contribution in [0.3, 0.4) is 0 Å². The van der Waals surface area contributed by atoms with Gasteiger partial charge >= 0.3 is 0 Å². The first kappa shape index (κ1) is 15.5. The molecule has 1 fully saturated rings. The van der Waals surface area contributed by atoms with Crippen molar-refractivity contribution in [3.05, 3.63) is 59.7 Å². The van der Waals surface area contributed by atoms with Crippen molar-refractivity contribution in [2.45, 2.75) is 12.5 Å². The number of nitrogens with one attached hydrogen (secondary N) is 1. The number of benzene rings is 1. The largest absolute Gasteiger partial charge is 0.334 e. The van der Waals surface area contributed by atoms with Crippen molar-refractivity contribution in [2.24, 2.45) is 0 Å². The normalized spacial score (nSPS) is 18.2. The number of hydrogen-bond acceptors (Lipinski definition) is 4. The number of carbonyl (C=O) groups excluding carboxylic acids is 1. The number of aromatic nitrogens is 2. The zero-order chi connectivity index (χ0) is 16.2. The van der Waals surface area contributed by atoms with Gasteiger partial charge in [-0.1, -0.05) is 30.3 Å². The average Bonchev–Trinajstić information content (AvgIpc) is 2.62. The number of nitrogens with zero attached hydrogens (tertiary/aromatic N) is 3. The van der Waals surface area contributed by atoms with Crippen LogP contribution in [0.25, 0.3) is 0 Å². The van der Waals surface area contributed by atoms with Gasteiger partial charge in [-0.25, -0.2) is 18.7 Å². The molecule has 5 nitrogen and oxygen atoms in total. The third kappa shape index (κ3) is 3.50. The van der Waals surface area contributed by atoms with Gasteiger partial charge in [0.2, 0.25) is 0 Å². The zero-order valence-corrected chi connectivity index (χ0v) is 12.3. The molecule has 1 saturated heterocycles. The number of amides is 1. The molecule has 1 atom stereocenters. The first-order chi connectivity index (χ1) is 11.1. The summed E-state index contributed by atoms with van der Waals surface area (Å²) in [5.41, 5.74) is 0.656. The molecule has 2 aromatic rings. The maximum Gasteiger partial charge on any atom is 0.280 e. The summed E-state index contributed by atoms with van der Waals surface area (Å²) in [5.74, 6) is -0.350. The van der Waals surface area contributed by atoms with E-state index < -0.39 is 12.1 Å². The Morgan fingerprint density at radius 2 is 2.04 bits per heavy atom. The molecule has 1 unspecified atom stereocenters. The van der Waals surface area contributed by atoms with Crippen LogP contribution in [-0.2, 0) is 0 Å². The van der Waals surface area contributed by atoms with Crippen LogP contribution in [0.15, 0.2) is 42.7 Å². The van der Waals surface area contributed by atoms with Gasteiger partial charge < -0.3 is 10.2 Å². The highest BCUT2D eigenvalue weighted by atomic mass is 19.3. The molecular weight excluding hydrogens is 302 g/mol. The maximum absolute atomic E-state index is 12.7. The van der Waals surface area contributed by atoms with E-state index in [1.54, 1.807) is 4.90 Å². The fraction of sp³-hybridized carbons (Fsp3) is 0.312. The van der Waals surface area contributed by atoms with Crippen molar-refractivity contribution < 1.29 is 13.6 Å². The Balaban J connectivity index is 1.76. The summed E-state index contributed by atoms with van der Waals surface area (Å²) in [4.78, 5) is 21.5.